The van der Waals surface area contributed by atoms with Crippen molar-refractivity contribution >= 4 is 54.7 Å². The molecule has 0 fully saturated rings. The molecule has 2 aliphatic carbocycles. The molecule has 0 bridgehead atoms. The molecule has 2 atom stereocenters. The molecule has 8 aromatic rings. The van der Waals surface area contributed by atoms with Gasteiger partial charge in [0.05, 0.1) is 5.69 Å². The lowest BCUT2D eigenvalue weighted by atomic mass is 9.89. The van der Waals surface area contributed by atoms with Gasteiger partial charge in [-0.15, -0.1) is 0 Å². The molecule has 2 heterocycles. The number of hydrogen-bond acceptors (Lipinski definition) is 4. The van der Waals surface area contributed by atoms with E-state index in [2.05, 4.69) is 153 Å². The maximum atomic E-state index is 5.32. The van der Waals surface area contributed by atoms with Crippen LogP contribution in [0.2, 0.25) is 0 Å². The third kappa shape index (κ3) is 5.14. The SMILES string of the molecule is CC1C=Cc2ncc(C3=CCC(c4nc(-c5cc6ccccc6c6ccccc56)nc(-c5cc6ccccc6c6ccccc56)n4)C=C3)cc2C1. The number of pyridine rings is 1. The van der Waals surface area contributed by atoms with Gasteiger partial charge in [0.2, 0.25) is 0 Å². The average molecular weight is 655 g/mol. The van der Waals surface area contributed by atoms with E-state index in [1.54, 1.807) is 0 Å². The standard InChI is InChI=1S/C47H34N4/c1-29-18-23-44-34(24-29)25-35(28-48-44)30-19-21-31(22-20-30)45-49-46(42-26-32-10-2-4-12-36(32)38-14-6-8-16-40(38)42)51-47(50-45)43-27-33-11-3-5-13-37(33)39-15-7-9-17-41(39)43/h2-21,23,25-29,31H,22,24H2,1H3. The number of hydrogen-bond donors (Lipinski definition) is 0. The van der Waals surface area contributed by atoms with Gasteiger partial charge in [0, 0.05) is 23.2 Å². The Labute approximate surface area is 296 Å². The van der Waals surface area contributed by atoms with Crippen LogP contribution in [0.3, 0.4) is 0 Å². The smallest absolute Gasteiger partial charge is 0.164 e. The lowest BCUT2D eigenvalue weighted by Gasteiger charge is -2.19. The van der Waals surface area contributed by atoms with E-state index in [1.165, 1.54) is 43.5 Å². The van der Waals surface area contributed by atoms with Gasteiger partial charge in [0.1, 0.15) is 5.82 Å². The summed E-state index contributed by atoms with van der Waals surface area (Å²) < 4.78 is 0. The quantitative estimate of drug-likeness (QED) is 0.177. The van der Waals surface area contributed by atoms with Crippen molar-refractivity contribution < 1.29 is 0 Å². The first-order valence-corrected chi connectivity index (χ1v) is 17.8. The van der Waals surface area contributed by atoms with Crippen LogP contribution in [-0.4, -0.2) is 19.9 Å². The van der Waals surface area contributed by atoms with Crippen LogP contribution < -0.4 is 0 Å². The van der Waals surface area contributed by atoms with Crippen molar-refractivity contribution in [1.29, 1.82) is 0 Å². The van der Waals surface area contributed by atoms with Crippen LogP contribution in [0.4, 0.5) is 0 Å². The van der Waals surface area contributed by atoms with E-state index >= 15 is 0 Å². The van der Waals surface area contributed by atoms with Gasteiger partial charge in [-0.1, -0.05) is 128 Å². The Kier molecular flexibility index (Phi) is 6.95. The maximum Gasteiger partial charge on any atom is 0.164 e. The van der Waals surface area contributed by atoms with Crippen LogP contribution in [0.25, 0.3) is 77.5 Å². The Morgan fingerprint density at radius 2 is 1.14 bits per heavy atom. The second-order valence-electron chi connectivity index (χ2n) is 13.9. The molecule has 6 aromatic carbocycles. The van der Waals surface area contributed by atoms with Gasteiger partial charge in [-0.2, -0.15) is 0 Å². The van der Waals surface area contributed by atoms with Crippen molar-refractivity contribution in [2.75, 3.05) is 0 Å². The molecule has 51 heavy (non-hydrogen) atoms. The lowest BCUT2D eigenvalue weighted by molar-refractivity contribution is 0.712. The fourth-order valence-corrected chi connectivity index (χ4v) is 7.97. The summed E-state index contributed by atoms with van der Waals surface area (Å²) in [6, 6.07) is 41.1. The highest BCUT2D eigenvalue weighted by Crippen LogP contribution is 2.39. The number of fused-ring (bicyclic) bond motifs is 7. The zero-order chi connectivity index (χ0) is 33.9. The lowest BCUT2D eigenvalue weighted by Crippen LogP contribution is -2.09. The first-order valence-electron chi connectivity index (χ1n) is 17.8. The van der Waals surface area contributed by atoms with E-state index in [0.717, 1.165) is 51.8 Å². The zero-order valence-corrected chi connectivity index (χ0v) is 28.3. The molecule has 0 radical (unpaired) electrons. The van der Waals surface area contributed by atoms with Crippen LogP contribution in [0.15, 0.2) is 146 Å². The highest BCUT2D eigenvalue weighted by atomic mass is 15.0. The molecule has 4 nitrogen and oxygen atoms in total. The first kappa shape index (κ1) is 29.6. The van der Waals surface area contributed by atoms with Gasteiger partial charge < -0.3 is 0 Å². The second-order valence-corrected chi connectivity index (χ2v) is 13.9. The average Bonchev–Trinajstić information content (AvgIpc) is 3.20. The minimum Gasteiger partial charge on any atom is -0.256 e. The molecule has 0 saturated heterocycles. The van der Waals surface area contributed by atoms with Crippen LogP contribution in [0.1, 0.15) is 41.9 Å². The molecule has 242 valence electrons. The van der Waals surface area contributed by atoms with E-state index in [4.69, 9.17) is 19.9 Å². The van der Waals surface area contributed by atoms with Crippen molar-refractivity contribution in [2.45, 2.75) is 25.7 Å². The van der Waals surface area contributed by atoms with Crippen molar-refractivity contribution in [3.8, 4) is 22.8 Å². The van der Waals surface area contributed by atoms with Crippen molar-refractivity contribution in [2.24, 2.45) is 5.92 Å². The minimum atomic E-state index is 0.00114. The molecule has 0 saturated carbocycles. The molecule has 0 spiro atoms. The Hall–Kier alpha value is -6.26. The van der Waals surface area contributed by atoms with E-state index < -0.39 is 0 Å². The van der Waals surface area contributed by atoms with Crippen molar-refractivity contribution in [1.82, 2.24) is 19.9 Å². The summed E-state index contributed by atoms with van der Waals surface area (Å²) in [5.41, 5.74) is 6.78. The second kappa shape index (κ2) is 12.0. The number of benzene rings is 6. The normalized spacial score (nSPS) is 16.9. The van der Waals surface area contributed by atoms with Gasteiger partial charge >= 0.3 is 0 Å². The van der Waals surface area contributed by atoms with E-state index in [1.807, 2.05) is 6.20 Å². The summed E-state index contributed by atoms with van der Waals surface area (Å²) in [4.78, 5) is 20.7. The van der Waals surface area contributed by atoms with Crippen LogP contribution in [-0.2, 0) is 6.42 Å². The first-order chi connectivity index (χ1) is 25.2. The minimum absolute atomic E-state index is 0.00114. The maximum absolute atomic E-state index is 5.32. The number of rotatable bonds is 4. The van der Waals surface area contributed by atoms with Gasteiger partial charge in [-0.05, 0) is 103 Å². The summed E-state index contributed by atoms with van der Waals surface area (Å²) >= 11 is 0. The topological polar surface area (TPSA) is 51.6 Å². The van der Waals surface area contributed by atoms with E-state index in [-0.39, 0.29) is 5.92 Å². The predicted octanol–water partition coefficient (Wildman–Crippen LogP) is 11.5. The molecular weight excluding hydrogens is 621 g/mol. The van der Waals surface area contributed by atoms with Crippen LogP contribution in [0.5, 0.6) is 0 Å². The monoisotopic (exact) mass is 654 g/mol. The van der Waals surface area contributed by atoms with Gasteiger partial charge in [0.25, 0.3) is 0 Å². The predicted molar refractivity (Wildman–Crippen MR) is 211 cm³/mol. The summed E-state index contributed by atoms with van der Waals surface area (Å²) in [7, 11) is 0. The molecule has 10 rings (SSSR count). The summed E-state index contributed by atoms with van der Waals surface area (Å²) in [5.74, 6) is 2.69. The van der Waals surface area contributed by atoms with E-state index in [9.17, 15) is 0 Å². The Bertz CT molecular complexity index is 2650. The highest BCUT2D eigenvalue weighted by molar-refractivity contribution is 6.14. The Morgan fingerprint density at radius 3 is 1.73 bits per heavy atom. The largest absolute Gasteiger partial charge is 0.256 e. The number of nitrogens with zero attached hydrogens (tertiary/aromatic N) is 4. The summed E-state index contributed by atoms with van der Waals surface area (Å²) in [5, 5.41) is 9.43. The zero-order valence-electron chi connectivity index (χ0n) is 28.3. The molecular formula is C47H34N4. The van der Waals surface area contributed by atoms with Crippen LogP contribution in [0, 0.1) is 5.92 Å². The molecule has 2 aromatic heterocycles. The van der Waals surface area contributed by atoms with Crippen molar-refractivity contribution in [3.63, 3.8) is 0 Å². The number of aromatic nitrogens is 4. The molecule has 2 aliphatic rings. The highest BCUT2D eigenvalue weighted by Gasteiger charge is 2.22. The molecule has 0 N–H and O–H groups in total. The van der Waals surface area contributed by atoms with E-state index in [0.29, 0.717) is 17.6 Å². The third-order valence-electron chi connectivity index (χ3n) is 10.6. The molecule has 0 amide bonds. The fraction of sp³-hybridized carbons (Fsp3) is 0.106. The Balaban J connectivity index is 1.14. The summed E-state index contributed by atoms with van der Waals surface area (Å²) in [6.07, 6.45) is 15.0. The van der Waals surface area contributed by atoms with Crippen molar-refractivity contribution in [3.05, 3.63) is 168 Å². The summed E-state index contributed by atoms with van der Waals surface area (Å²) in [6.45, 7) is 2.26. The van der Waals surface area contributed by atoms with Crippen LogP contribution >= 0.6 is 0 Å². The van der Waals surface area contributed by atoms with Gasteiger partial charge in [-0.25, -0.2) is 15.0 Å². The fourth-order valence-electron chi connectivity index (χ4n) is 7.97. The van der Waals surface area contributed by atoms with Gasteiger partial charge in [0.15, 0.2) is 11.6 Å². The Morgan fingerprint density at radius 1 is 0.569 bits per heavy atom. The molecule has 4 heteroatoms. The third-order valence-corrected chi connectivity index (χ3v) is 10.6. The van der Waals surface area contributed by atoms with Gasteiger partial charge in [-0.3, -0.25) is 4.98 Å². The molecule has 0 aliphatic heterocycles. The number of allylic oxidation sites excluding steroid dienone is 5. The molecule has 2 unspecified atom stereocenters.